The molecule has 0 spiro atoms. The van der Waals surface area contributed by atoms with Crippen LogP contribution in [0.5, 0.6) is 0 Å². The van der Waals surface area contributed by atoms with Crippen LogP contribution in [-0.2, 0) is 14.3 Å². The van der Waals surface area contributed by atoms with Crippen LogP contribution < -0.4 is 16.0 Å². The highest BCUT2D eigenvalue weighted by Gasteiger charge is 2.29. The van der Waals surface area contributed by atoms with Gasteiger partial charge in [-0.15, -0.1) is 10.2 Å². The van der Waals surface area contributed by atoms with Crippen molar-refractivity contribution in [1.29, 1.82) is 0 Å². The van der Waals surface area contributed by atoms with Crippen LogP contribution in [0.15, 0.2) is 30.3 Å². The number of carbonyl (C=O) groups excluding carboxylic acids is 3. The molecule has 3 amide bonds. The lowest BCUT2D eigenvalue weighted by Crippen LogP contribution is -2.52. The van der Waals surface area contributed by atoms with Crippen LogP contribution in [0.25, 0.3) is 0 Å². The molecule has 3 unspecified atom stereocenters. The van der Waals surface area contributed by atoms with Gasteiger partial charge in [-0.05, 0) is 32.8 Å². The molecular formula is C21H31N7O5. The SMILES string of the molecule is CCCC(NC(=O)OC(C)(C)C)C(O)C(=O)NCC(=O)NC(c1ccccc1)c1nn[nH]n1. The number of hydrogen-bond acceptors (Lipinski definition) is 8. The van der Waals surface area contributed by atoms with Gasteiger partial charge in [0.05, 0.1) is 12.6 Å². The smallest absolute Gasteiger partial charge is 0.407 e. The fraction of sp³-hybridized carbons (Fsp3) is 0.524. The van der Waals surface area contributed by atoms with Crippen molar-refractivity contribution in [3.63, 3.8) is 0 Å². The molecule has 3 atom stereocenters. The predicted molar refractivity (Wildman–Crippen MR) is 118 cm³/mol. The van der Waals surface area contributed by atoms with Gasteiger partial charge in [0.1, 0.15) is 11.6 Å². The van der Waals surface area contributed by atoms with Crippen molar-refractivity contribution in [2.75, 3.05) is 6.54 Å². The van der Waals surface area contributed by atoms with Crippen molar-refractivity contribution < 1.29 is 24.2 Å². The molecule has 0 aliphatic rings. The Morgan fingerprint density at radius 1 is 1.15 bits per heavy atom. The van der Waals surface area contributed by atoms with Gasteiger partial charge in [0, 0.05) is 0 Å². The number of tetrazole rings is 1. The number of amides is 3. The zero-order valence-electron chi connectivity index (χ0n) is 19.2. The topological polar surface area (TPSA) is 171 Å². The van der Waals surface area contributed by atoms with Gasteiger partial charge in [-0.3, -0.25) is 9.59 Å². The molecule has 0 aliphatic heterocycles. The maximum atomic E-state index is 12.5. The molecule has 5 N–H and O–H groups in total. The quantitative estimate of drug-likeness (QED) is 0.342. The molecule has 12 nitrogen and oxygen atoms in total. The third-order valence-electron chi connectivity index (χ3n) is 4.43. The summed E-state index contributed by atoms with van der Waals surface area (Å²) in [5, 5.41) is 31.8. The van der Waals surface area contributed by atoms with Crippen LogP contribution >= 0.6 is 0 Å². The van der Waals surface area contributed by atoms with E-state index in [9.17, 15) is 19.5 Å². The summed E-state index contributed by atoms with van der Waals surface area (Å²) in [6.07, 6.45) is -1.35. The number of alkyl carbamates (subject to hydrolysis) is 1. The lowest BCUT2D eigenvalue weighted by Gasteiger charge is -2.26. The van der Waals surface area contributed by atoms with Gasteiger partial charge in [0.15, 0.2) is 6.10 Å². The number of nitrogens with zero attached hydrogens (tertiary/aromatic N) is 3. The molecule has 2 rings (SSSR count). The van der Waals surface area contributed by atoms with Gasteiger partial charge in [0.25, 0.3) is 5.91 Å². The van der Waals surface area contributed by atoms with Crippen LogP contribution in [0, 0.1) is 0 Å². The Balaban J connectivity index is 1.95. The summed E-state index contributed by atoms with van der Waals surface area (Å²) in [5.74, 6) is -1.07. The van der Waals surface area contributed by atoms with Crippen LogP contribution in [0.1, 0.15) is 58.0 Å². The van der Waals surface area contributed by atoms with E-state index >= 15 is 0 Å². The molecule has 0 bridgehead atoms. The molecule has 33 heavy (non-hydrogen) atoms. The van der Waals surface area contributed by atoms with E-state index in [1.807, 2.05) is 13.0 Å². The molecule has 0 saturated heterocycles. The van der Waals surface area contributed by atoms with Crippen molar-refractivity contribution in [3.05, 3.63) is 41.7 Å². The zero-order chi connectivity index (χ0) is 24.4. The van der Waals surface area contributed by atoms with Gasteiger partial charge >= 0.3 is 6.09 Å². The first-order valence-corrected chi connectivity index (χ1v) is 10.6. The van der Waals surface area contributed by atoms with E-state index in [4.69, 9.17) is 4.74 Å². The summed E-state index contributed by atoms with van der Waals surface area (Å²) >= 11 is 0. The fourth-order valence-electron chi connectivity index (χ4n) is 2.98. The van der Waals surface area contributed by atoms with Crippen molar-refractivity contribution in [2.24, 2.45) is 0 Å². The minimum Gasteiger partial charge on any atom is -0.444 e. The molecule has 0 saturated carbocycles. The van der Waals surface area contributed by atoms with Gasteiger partial charge in [-0.1, -0.05) is 48.9 Å². The Morgan fingerprint density at radius 2 is 1.85 bits per heavy atom. The second-order valence-electron chi connectivity index (χ2n) is 8.39. The zero-order valence-corrected chi connectivity index (χ0v) is 19.2. The number of nitrogens with one attached hydrogen (secondary N) is 4. The van der Waals surface area contributed by atoms with Crippen molar-refractivity contribution in [3.8, 4) is 0 Å². The van der Waals surface area contributed by atoms with E-state index in [1.165, 1.54) is 0 Å². The molecule has 1 heterocycles. The first kappa shape index (κ1) is 25.7. The maximum absolute atomic E-state index is 12.5. The monoisotopic (exact) mass is 461 g/mol. The Hall–Kier alpha value is -3.54. The highest BCUT2D eigenvalue weighted by Crippen LogP contribution is 2.17. The van der Waals surface area contributed by atoms with E-state index in [1.54, 1.807) is 45.0 Å². The average Bonchev–Trinajstić information content (AvgIpc) is 3.29. The minimum absolute atomic E-state index is 0.255. The second-order valence-corrected chi connectivity index (χ2v) is 8.39. The molecule has 0 radical (unpaired) electrons. The van der Waals surface area contributed by atoms with Gasteiger partial charge in [-0.2, -0.15) is 5.21 Å². The predicted octanol–water partition coefficient (Wildman–Crippen LogP) is 0.576. The van der Waals surface area contributed by atoms with E-state index in [-0.39, 0.29) is 5.82 Å². The van der Waals surface area contributed by atoms with Crippen LogP contribution in [-0.4, -0.2) is 67.9 Å². The number of rotatable bonds is 10. The van der Waals surface area contributed by atoms with E-state index in [0.717, 1.165) is 5.56 Å². The molecule has 180 valence electrons. The standard InChI is InChI=1S/C21H31N7O5/c1-5-9-14(23-20(32)33-21(2,3)4)17(30)19(31)22-12-15(29)24-16(18-25-27-28-26-18)13-10-7-6-8-11-13/h6-8,10-11,14,16-17,30H,5,9,12H2,1-4H3,(H,22,31)(H,23,32)(H,24,29)(H,25,26,27,28). The number of aromatic amines is 1. The Labute approximate surface area is 191 Å². The molecule has 1 aromatic carbocycles. The number of benzene rings is 1. The minimum atomic E-state index is -1.56. The third kappa shape index (κ3) is 8.48. The maximum Gasteiger partial charge on any atom is 0.407 e. The van der Waals surface area contributed by atoms with E-state index in [2.05, 4.69) is 36.6 Å². The third-order valence-corrected chi connectivity index (χ3v) is 4.43. The van der Waals surface area contributed by atoms with Crippen molar-refractivity contribution in [1.82, 2.24) is 36.6 Å². The molecule has 0 fully saturated rings. The van der Waals surface area contributed by atoms with Crippen LogP contribution in [0.3, 0.4) is 0 Å². The summed E-state index contributed by atoms with van der Waals surface area (Å²) < 4.78 is 5.19. The average molecular weight is 462 g/mol. The van der Waals surface area contributed by atoms with Crippen LogP contribution in [0.2, 0.25) is 0 Å². The Morgan fingerprint density at radius 3 is 2.42 bits per heavy atom. The van der Waals surface area contributed by atoms with E-state index in [0.29, 0.717) is 12.8 Å². The van der Waals surface area contributed by atoms with Gasteiger partial charge < -0.3 is 25.8 Å². The number of carbonyl (C=O) groups is 3. The highest BCUT2D eigenvalue weighted by atomic mass is 16.6. The number of H-pyrrole nitrogens is 1. The summed E-state index contributed by atoms with van der Waals surface area (Å²) in [6.45, 7) is 6.58. The number of hydrogen-bond donors (Lipinski definition) is 5. The first-order valence-electron chi connectivity index (χ1n) is 10.6. The summed E-state index contributed by atoms with van der Waals surface area (Å²) in [7, 11) is 0. The normalized spacial score (nSPS) is 14.0. The Bertz CT molecular complexity index is 899. The summed E-state index contributed by atoms with van der Waals surface area (Å²) in [6, 6.07) is 7.47. The van der Waals surface area contributed by atoms with E-state index < -0.39 is 48.2 Å². The van der Waals surface area contributed by atoms with Gasteiger partial charge in [0.2, 0.25) is 11.7 Å². The van der Waals surface area contributed by atoms with Crippen LogP contribution in [0.4, 0.5) is 4.79 Å². The number of aliphatic hydroxyl groups excluding tert-OH is 1. The molecule has 1 aromatic heterocycles. The Kier molecular flexibility index (Phi) is 9.28. The molecule has 2 aromatic rings. The molecular weight excluding hydrogens is 430 g/mol. The molecule has 12 heteroatoms. The van der Waals surface area contributed by atoms with Gasteiger partial charge in [-0.25, -0.2) is 4.79 Å². The number of ether oxygens (including phenoxy) is 1. The largest absolute Gasteiger partial charge is 0.444 e. The molecule has 0 aliphatic carbocycles. The highest BCUT2D eigenvalue weighted by molar-refractivity contribution is 5.87. The first-order chi connectivity index (χ1) is 15.6. The summed E-state index contributed by atoms with van der Waals surface area (Å²) in [4.78, 5) is 37.0. The summed E-state index contributed by atoms with van der Waals surface area (Å²) in [5.41, 5.74) is 0.00309. The number of aliphatic hydroxyl groups is 1. The lowest BCUT2D eigenvalue weighted by atomic mass is 10.1. The van der Waals surface area contributed by atoms with Crippen molar-refractivity contribution in [2.45, 2.75) is 64.3 Å². The second kappa shape index (κ2) is 11.9. The van der Waals surface area contributed by atoms with Crippen molar-refractivity contribution >= 4 is 17.9 Å². The number of aromatic nitrogens is 4. The lowest BCUT2D eigenvalue weighted by molar-refractivity contribution is -0.133. The fourth-order valence-corrected chi connectivity index (χ4v) is 2.98.